The second kappa shape index (κ2) is 6.17. The first-order valence-electron chi connectivity index (χ1n) is 8.66. The van der Waals surface area contributed by atoms with Crippen molar-refractivity contribution in [3.8, 4) is 0 Å². The van der Waals surface area contributed by atoms with E-state index in [1.165, 1.54) is 32.4 Å². The molecule has 0 spiro atoms. The van der Waals surface area contributed by atoms with Crippen LogP contribution in [0.5, 0.6) is 0 Å². The third kappa shape index (κ3) is 3.30. The lowest BCUT2D eigenvalue weighted by atomic mass is 9.73. The molecule has 0 aromatic heterocycles. The summed E-state index contributed by atoms with van der Waals surface area (Å²) in [6.07, 6.45) is 5.66. The zero-order valence-electron chi connectivity index (χ0n) is 13.4. The number of sulfone groups is 1. The lowest BCUT2D eigenvalue weighted by Gasteiger charge is -2.49. The maximum absolute atomic E-state index is 12.0. The van der Waals surface area contributed by atoms with Gasteiger partial charge in [0.2, 0.25) is 0 Å². The topological polar surface area (TPSA) is 49.4 Å². The molecule has 2 bridgehead atoms. The van der Waals surface area contributed by atoms with Crippen LogP contribution in [0, 0.1) is 11.8 Å². The molecule has 3 unspecified atom stereocenters. The van der Waals surface area contributed by atoms with Crippen molar-refractivity contribution in [3.05, 3.63) is 0 Å². The number of piperidine rings is 1. The Labute approximate surface area is 129 Å². The number of fused-ring (bicyclic) bond motifs is 2. The van der Waals surface area contributed by atoms with Crippen molar-refractivity contribution in [3.63, 3.8) is 0 Å². The number of nitrogens with one attached hydrogen (secondary N) is 1. The van der Waals surface area contributed by atoms with Crippen LogP contribution in [-0.4, -0.2) is 56.0 Å². The van der Waals surface area contributed by atoms with E-state index < -0.39 is 9.84 Å². The van der Waals surface area contributed by atoms with Gasteiger partial charge in [-0.25, -0.2) is 8.42 Å². The third-order valence-electron chi connectivity index (χ3n) is 5.88. The molecule has 1 saturated carbocycles. The molecule has 0 radical (unpaired) electrons. The van der Waals surface area contributed by atoms with E-state index in [0.29, 0.717) is 36.2 Å². The molecule has 4 nitrogen and oxygen atoms in total. The number of nitrogens with zero attached hydrogens (tertiary/aromatic N) is 1. The molecule has 1 N–H and O–H groups in total. The van der Waals surface area contributed by atoms with Crippen LogP contribution >= 0.6 is 0 Å². The highest BCUT2D eigenvalue weighted by Gasteiger charge is 2.41. The summed E-state index contributed by atoms with van der Waals surface area (Å²) in [5.74, 6) is 1.82. The predicted molar refractivity (Wildman–Crippen MR) is 86.1 cm³/mol. The fourth-order valence-corrected chi connectivity index (χ4v) is 6.36. The van der Waals surface area contributed by atoms with Crippen molar-refractivity contribution in [1.82, 2.24) is 10.2 Å². The van der Waals surface area contributed by atoms with Gasteiger partial charge in [0.15, 0.2) is 9.84 Å². The number of likely N-dealkylation sites (tertiary alicyclic amines) is 1. The summed E-state index contributed by atoms with van der Waals surface area (Å²) in [7, 11) is -2.81. The number of hydrogen-bond acceptors (Lipinski definition) is 4. The molecule has 3 atom stereocenters. The Kier molecular flexibility index (Phi) is 4.63. The zero-order chi connectivity index (χ0) is 15.0. The summed E-state index contributed by atoms with van der Waals surface area (Å²) in [5, 5.41) is 3.55. The van der Waals surface area contributed by atoms with Gasteiger partial charge in [-0.3, -0.25) is 0 Å². The molecular weight excluding hydrogens is 284 g/mol. The largest absolute Gasteiger partial charge is 0.312 e. The Balaban J connectivity index is 1.61. The van der Waals surface area contributed by atoms with Crippen LogP contribution in [0.25, 0.3) is 0 Å². The summed E-state index contributed by atoms with van der Waals surface area (Å²) in [5.41, 5.74) is 0. The SMILES string of the molecule is CC(C)N1CC2CCCC(C1)C2NCC1CCCS1(=O)=O. The molecule has 0 aromatic rings. The van der Waals surface area contributed by atoms with E-state index in [9.17, 15) is 8.42 Å². The summed E-state index contributed by atoms with van der Waals surface area (Å²) in [6.45, 7) is 7.62. The Morgan fingerprint density at radius 2 is 1.76 bits per heavy atom. The van der Waals surface area contributed by atoms with Crippen molar-refractivity contribution in [2.45, 2.75) is 63.3 Å². The normalized spacial score (nSPS) is 39.8. The van der Waals surface area contributed by atoms with Crippen LogP contribution in [0.1, 0.15) is 46.0 Å². The van der Waals surface area contributed by atoms with Crippen LogP contribution in [0.4, 0.5) is 0 Å². The molecule has 2 saturated heterocycles. The van der Waals surface area contributed by atoms with Crippen LogP contribution < -0.4 is 5.32 Å². The van der Waals surface area contributed by atoms with Gasteiger partial charge in [-0.1, -0.05) is 6.42 Å². The van der Waals surface area contributed by atoms with Gasteiger partial charge < -0.3 is 10.2 Å². The van der Waals surface area contributed by atoms with Gasteiger partial charge in [0.05, 0.1) is 11.0 Å². The van der Waals surface area contributed by atoms with Crippen LogP contribution in [-0.2, 0) is 9.84 Å². The highest BCUT2D eigenvalue weighted by atomic mass is 32.2. The minimum atomic E-state index is -2.81. The maximum atomic E-state index is 12.0. The standard InChI is InChI=1S/C16H30N2O2S/c1-12(2)18-10-13-5-3-6-14(11-18)16(13)17-9-15-7-4-8-21(15,19)20/h12-17H,3-11H2,1-2H3. The van der Waals surface area contributed by atoms with Gasteiger partial charge in [0.1, 0.15) is 0 Å². The zero-order valence-corrected chi connectivity index (χ0v) is 14.2. The Morgan fingerprint density at radius 3 is 2.29 bits per heavy atom. The second-order valence-corrected chi connectivity index (χ2v) is 9.96. The molecule has 21 heavy (non-hydrogen) atoms. The maximum Gasteiger partial charge on any atom is 0.154 e. The van der Waals surface area contributed by atoms with E-state index in [0.717, 1.165) is 12.8 Å². The summed E-state index contributed by atoms with van der Waals surface area (Å²) in [6, 6.07) is 1.17. The van der Waals surface area contributed by atoms with Crippen molar-refractivity contribution >= 4 is 9.84 Å². The van der Waals surface area contributed by atoms with E-state index in [1.54, 1.807) is 0 Å². The van der Waals surface area contributed by atoms with E-state index in [-0.39, 0.29) is 5.25 Å². The van der Waals surface area contributed by atoms with Crippen LogP contribution in [0.3, 0.4) is 0 Å². The van der Waals surface area contributed by atoms with Crippen molar-refractivity contribution in [2.75, 3.05) is 25.4 Å². The summed E-state index contributed by atoms with van der Waals surface area (Å²) < 4.78 is 23.9. The smallest absolute Gasteiger partial charge is 0.154 e. The summed E-state index contributed by atoms with van der Waals surface area (Å²) in [4.78, 5) is 2.61. The average Bonchev–Trinajstić information content (AvgIpc) is 2.74. The van der Waals surface area contributed by atoms with Gasteiger partial charge in [-0.05, 0) is 51.4 Å². The Morgan fingerprint density at radius 1 is 1.10 bits per heavy atom. The van der Waals surface area contributed by atoms with E-state index in [4.69, 9.17) is 0 Å². The fourth-order valence-electron chi connectivity index (χ4n) is 4.58. The predicted octanol–water partition coefficient (Wildman–Crippen LogP) is 1.66. The third-order valence-corrected chi connectivity index (χ3v) is 8.15. The molecule has 2 heterocycles. The molecule has 3 aliphatic rings. The molecule has 2 aliphatic heterocycles. The molecule has 1 aliphatic carbocycles. The summed E-state index contributed by atoms with van der Waals surface area (Å²) >= 11 is 0. The minimum absolute atomic E-state index is 0.124. The van der Waals surface area contributed by atoms with E-state index >= 15 is 0 Å². The molecule has 3 fully saturated rings. The number of hydrogen-bond donors (Lipinski definition) is 1. The number of rotatable bonds is 4. The fraction of sp³-hybridized carbons (Fsp3) is 1.00. The first kappa shape index (κ1) is 15.8. The van der Waals surface area contributed by atoms with Crippen molar-refractivity contribution < 1.29 is 8.42 Å². The van der Waals surface area contributed by atoms with Crippen LogP contribution in [0.15, 0.2) is 0 Å². The molecular formula is C16H30N2O2S. The highest BCUT2D eigenvalue weighted by Crippen LogP contribution is 2.36. The second-order valence-electron chi connectivity index (χ2n) is 7.56. The monoisotopic (exact) mass is 314 g/mol. The van der Waals surface area contributed by atoms with Gasteiger partial charge in [0.25, 0.3) is 0 Å². The molecule has 5 heteroatoms. The van der Waals surface area contributed by atoms with E-state index in [2.05, 4.69) is 24.1 Å². The highest BCUT2D eigenvalue weighted by molar-refractivity contribution is 7.92. The quantitative estimate of drug-likeness (QED) is 0.857. The lowest BCUT2D eigenvalue weighted by Crippen LogP contribution is -2.59. The minimum Gasteiger partial charge on any atom is -0.312 e. The first-order chi connectivity index (χ1) is 9.97. The van der Waals surface area contributed by atoms with Crippen LogP contribution in [0.2, 0.25) is 0 Å². The Bertz CT molecular complexity index is 449. The molecule has 122 valence electrons. The molecule has 0 aromatic carbocycles. The van der Waals surface area contributed by atoms with E-state index in [1.807, 2.05) is 0 Å². The average molecular weight is 314 g/mol. The molecule has 3 rings (SSSR count). The Hall–Kier alpha value is -0.130. The van der Waals surface area contributed by atoms with Gasteiger partial charge >= 0.3 is 0 Å². The first-order valence-corrected chi connectivity index (χ1v) is 10.4. The lowest BCUT2D eigenvalue weighted by molar-refractivity contribution is 0.0298. The van der Waals surface area contributed by atoms with Gasteiger partial charge in [-0.2, -0.15) is 0 Å². The van der Waals surface area contributed by atoms with Crippen molar-refractivity contribution in [2.24, 2.45) is 11.8 Å². The van der Waals surface area contributed by atoms with Gasteiger partial charge in [-0.15, -0.1) is 0 Å². The molecule has 0 amide bonds. The van der Waals surface area contributed by atoms with Crippen molar-refractivity contribution in [1.29, 1.82) is 0 Å². The van der Waals surface area contributed by atoms with Gasteiger partial charge in [0, 0.05) is 31.7 Å².